The lowest BCUT2D eigenvalue weighted by Gasteiger charge is -2.36. The zero-order valence-corrected chi connectivity index (χ0v) is 18.7. The Morgan fingerprint density at radius 3 is 2.34 bits per heavy atom. The summed E-state index contributed by atoms with van der Waals surface area (Å²) < 4.78 is 2.14. The van der Waals surface area contributed by atoms with Gasteiger partial charge in [-0.1, -0.05) is 0 Å². The minimum absolute atomic E-state index is 0.108. The van der Waals surface area contributed by atoms with Crippen molar-refractivity contribution in [1.29, 1.82) is 0 Å². The molecule has 0 aromatic carbocycles. The molecular formula is C24H29N7O. The maximum absolute atomic E-state index is 13.5. The van der Waals surface area contributed by atoms with Gasteiger partial charge in [0.15, 0.2) is 0 Å². The van der Waals surface area contributed by atoms with E-state index in [-0.39, 0.29) is 5.91 Å². The number of carbonyl (C=O) groups is 1. The molecule has 5 rings (SSSR count). The Balaban J connectivity index is 1.34. The van der Waals surface area contributed by atoms with Gasteiger partial charge in [0.25, 0.3) is 5.91 Å². The smallest absolute Gasteiger partial charge is 0.270 e. The molecule has 3 aromatic rings. The average Bonchev–Trinajstić information content (AvgIpc) is 3.56. The van der Waals surface area contributed by atoms with Gasteiger partial charge in [-0.2, -0.15) is 0 Å². The Kier molecular flexibility index (Phi) is 5.51. The maximum atomic E-state index is 13.5. The molecule has 166 valence electrons. The molecule has 0 N–H and O–H groups in total. The first kappa shape index (κ1) is 20.5. The number of piperazine rings is 1. The van der Waals surface area contributed by atoms with Crippen LogP contribution in [0.4, 0.5) is 11.6 Å². The molecule has 1 saturated carbocycles. The van der Waals surface area contributed by atoms with Crippen LogP contribution in [0.1, 0.15) is 23.3 Å². The summed E-state index contributed by atoms with van der Waals surface area (Å²) in [5.41, 5.74) is 3.85. The van der Waals surface area contributed by atoms with Crippen LogP contribution >= 0.6 is 0 Å². The fourth-order valence-corrected chi connectivity index (χ4v) is 4.16. The van der Waals surface area contributed by atoms with Crippen LogP contribution < -0.4 is 9.80 Å². The highest BCUT2D eigenvalue weighted by atomic mass is 16.2. The molecule has 1 aliphatic heterocycles. The van der Waals surface area contributed by atoms with E-state index in [2.05, 4.69) is 30.6 Å². The van der Waals surface area contributed by atoms with Gasteiger partial charge in [-0.15, -0.1) is 0 Å². The highest BCUT2D eigenvalue weighted by molar-refractivity contribution is 5.94. The summed E-state index contributed by atoms with van der Waals surface area (Å²) in [5, 5.41) is 0. The molecule has 8 nitrogen and oxygen atoms in total. The molecule has 1 aliphatic carbocycles. The summed E-state index contributed by atoms with van der Waals surface area (Å²) in [6.07, 6.45) is 11.9. The number of hydrogen-bond acceptors (Lipinski definition) is 6. The summed E-state index contributed by atoms with van der Waals surface area (Å²) in [7, 11) is 3.85. The molecule has 2 fully saturated rings. The van der Waals surface area contributed by atoms with Gasteiger partial charge in [0.1, 0.15) is 5.69 Å². The van der Waals surface area contributed by atoms with E-state index in [0.717, 1.165) is 42.1 Å². The van der Waals surface area contributed by atoms with Crippen molar-refractivity contribution in [3.8, 4) is 11.1 Å². The summed E-state index contributed by atoms with van der Waals surface area (Å²) in [6, 6.07) is 6.05. The average molecular weight is 432 g/mol. The van der Waals surface area contributed by atoms with Gasteiger partial charge in [0.05, 0.1) is 0 Å². The van der Waals surface area contributed by atoms with Crippen molar-refractivity contribution in [2.24, 2.45) is 5.92 Å². The van der Waals surface area contributed by atoms with Crippen LogP contribution in [0.15, 0.2) is 49.2 Å². The molecule has 1 amide bonds. The zero-order valence-electron chi connectivity index (χ0n) is 18.7. The minimum Gasteiger partial charge on any atom is -0.368 e. The first-order valence-corrected chi connectivity index (χ1v) is 11.2. The van der Waals surface area contributed by atoms with Gasteiger partial charge < -0.3 is 19.3 Å². The molecule has 8 heteroatoms. The Labute approximate surface area is 188 Å². The fraction of sp³-hybridized carbons (Fsp3) is 0.417. The Morgan fingerprint density at radius 2 is 1.72 bits per heavy atom. The van der Waals surface area contributed by atoms with Crippen LogP contribution in [0.3, 0.4) is 0 Å². The third-order valence-corrected chi connectivity index (χ3v) is 6.23. The molecule has 0 bridgehead atoms. The third kappa shape index (κ3) is 4.30. The zero-order chi connectivity index (χ0) is 22.1. The van der Waals surface area contributed by atoms with E-state index in [9.17, 15) is 4.79 Å². The Morgan fingerprint density at radius 1 is 1.03 bits per heavy atom. The molecule has 32 heavy (non-hydrogen) atoms. The predicted octanol–water partition coefficient (Wildman–Crippen LogP) is 2.78. The van der Waals surface area contributed by atoms with Gasteiger partial charge in [-0.25, -0.2) is 9.97 Å². The van der Waals surface area contributed by atoms with Crippen LogP contribution in [0.25, 0.3) is 11.1 Å². The van der Waals surface area contributed by atoms with Crippen molar-refractivity contribution < 1.29 is 4.79 Å². The SMILES string of the molecule is CN(C)c1ncc(-c2cc(C(=O)N3CCN(c4ccncc4)CC3)n(CC3CC3)c2)cn1. The van der Waals surface area contributed by atoms with Gasteiger partial charge >= 0.3 is 0 Å². The second kappa shape index (κ2) is 8.61. The van der Waals surface area contributed by atoms with Crippen molar-refractivity contribution in [2.45, 2.75) is 19.4 Å². The summed E-state index contributed by atoms with van der Waals surface area (Å²) in [6.45, 7) is 3.98. The van der Waals surface area contributed by atoms with Crippen LogP contribution in [0, 0.1) is 5.92 Å². The Hall–Kier alpha value is -3.42. The van der Waals surface area contributed by atoms with Crippen molar-refractivity contribution in [2.75, 3.05) is 50.1 Å². The Bertz CT molecular complexity index is 1070. The quantitative estimate of drug-likeness (QED) is 0.598. The molecule has 0 unspecified atom stereocenters. The first-order chi connectivity index (χ1) is 15.6. The first-order valence-electron chi connectivity index (χ1n) is 11.2. The number of pyridine rings is 1. The predicted molar refractivity (Wildman–Crippen MR) is 125 cm³/mol. The van der Waals surface area contributed by atoms with E-state index in [0.29, 0.717) is 25.0 Å². The van der Waals surface area contributed by atoms with E-state index in [4.69, 9.17) is 0 Å². The normalized spacial score (nSPS) is 16.3. The molecular weight excluding hydrogens is 402 g/mol. The van der Waals surface area contributed by atoms with Crippen molar-refractivity contribution in [3.05, 3.63) is 54.9 Å². The van der Waals surface area contributed by atoms with Gasteiger partial charge in [0, 0.05) is 94.6 Å². The van der Waals surface area contributed by atoms with E-state index in [1.807, 2.05) is 66.9 Å². The molecule has 4 heterocycles. The van der Waals surface area contributed by atoms with Gasteiger partial charge in [-0.3, -0.25) is 9.78 Å². The summed E-state index contributed by atoms with van der Waals surface area (Å²) >= 11 is 0. The second-order valence-corrected chi connectivity index (χ2v) is 8.86. The molecule has 0 spiro atoms. The third-order valence-electron chi connectivity index (χ3n) is 6.23. The highest BCUT2D eigenvalue weighted by Gasteiger charge is 2.28. The van der Waals surface area contributed by atoms with Crippen LogP contribution in [0.2, 0.25) is 0 Å². The van der Waals surface area contributed by atoms with Crippen LogP contribution in [-0.2, 0) is 6.54 Å². The number of carbonyl (C=O) groups excluding carboxylic acids is 1. The molecule has 0 radical (unpaired) electrons. The minimum atomic E-state index is 0.108. The van der Waals surface area contributed by atoms with Crippen LogP contribution in [-0.4, -0.2) is 70.6 Å². The maximum Gasteiger partial charge on any atom is 0.270 e. The van der Waals surface area contributed by atoms with E-state index < -0.39 is 0 Å². The summed E-state index contributed by atoms with van der Waals surface area (Å²) in [4.78, 5) is 32.6. The summed E-state index contributed by atoms with van der Waals surface area (Å²) in [5.74, 6) is 1.46. The lowest BCUT2D eigenvalue weighted by molar-refractivity contribution is 0.0735. The molecule has 2 aliphatic rings. The van der Waals surface area contributed by atoms with Crippen molar-refractivity contribution in [1.82, 2.24) is 24.4 Å². The monoisotopic (exact) mass is 431 g/mol. The molecule has 0 atom stereocenters. The largest absolute Gasteiger partial charge is 0.368 e. The van der Waals surface area contributed by atoms with Gasteiger partial charge in [0.2, 0.25) is 5.95 Å². The number of anilines is 2. The number of aromatic nitrogens is 4. The fourth-order valence-electron chi connectivity index (χ4n) is 4.16. The number of amides is 1. The second-order valence-electron chi connectivity index (χ2n) is 8.86. The number of nitrogens with zero attached hydrogens (tertiary/aromatic N) is 7. The number of hydrogen-bond donors (Lipinski definition) is 0. The van der Waals surface area contributed by atoms with E-state index in [1.54, 1.807) is 0 Å². The topological polar surface area (TPSA) is 70.4 Å². The van der Waals surface area contributed by atoms with E-state index in [1.165, 1.54) is 12.8 Å². The van der Waals surface area contributed by atoms with Crippen molar-refractivity contribution in [3.63, 3.8) is 0 Å². The lowest BCUT2D eigenvalue weighted by atomic mass is 10.2. The standard InChI is InChI=1S/C24H29N7O/c1-28(2)24-26-14-20(15-27-24)19-13-22(31(17-19)16-18-3-4-18)23(32)30-11-9-29(10-12-30)21-5-7-25-8-6-21/h5-8,13-15,17-18H,3-4,9-12,16H2,1-2H3. The van der Waals surface area contributed by atoms with E-state index >= 15 is 0 Å². The highest BCUT2D eigenvalue weighted by Crippen LogP contribution is 2.33. The van der Waals surface area contributed by atoms with Gasteiger partial charge in [-0.05, 0) is 37.0 Å². The van der Waals surface area contributed by atoms with Crippen molar-refractivity contribution >= 4 is 17.5 Å². The molecule has 1 saturated heterocycles. The van der Waals surface area contributed by atoms with Crippen LogP contribution in [0.5, 0.6) is 0 Å². The lowest BCUT2D eigenvalue weighted by Crippen LogP contribution is -2.49. The molecule has 3 aromatic heterocycles. The number of rotatable bonds is 6.